The fraction of sp³-hybridized carbons (Fsp3) is 0.500. The van der Waals surface area contributed by atoms with Crippen molar-refractivity contribution in [2.45, 2.75) is 32.5 Å². The van der Waals surface area contributed by atoms with Gasteiger partial charge in [-0.25, -0.2) is 0 Å². The van der Waals surface area contributed by atoms with Crippen LogP contribution in [0.2, 0.25) is 0 Å². The second-order valence-corrected chi connectivity index (χ2v) is 4.36. The van der Waals surface area contributed by atoms with Gasteiger partial charge in [-0.1, -0.05) is 26.0 Å². The zero-order chi connectivity index (χ0) is 12.3. The Morgan fingerprint density at radius 1 is 1.12 bits per heavy atom. The van der Waals surface area contributed by atoms with Crippen molar-refractivity contribution in [2.24, 2.45) is 11.7 Å². The van der Waals surface area contributed by atoms with Gasteiger partial charge in [-0.3, -0.25) is 0 Å². The van der Waals surface area contributed by atoms with Gasteiger partial charge >= 0.3 is 6.18 Å². The van der Waals surface area contributed by atoms with Crippen LogP contribution >= 0.6 is 0 Å². The molecule has 1 rings (SSSR count). The zero-order valence-electron chi connectivity index (χ0n) is 9.38. The summed E-state index contributed by atoms with van der Waals surface area (Å²) in [6, 6.07) is 4.87. The molecule has 1 atom stereocenters. The Hall–Kier alpha value is -1.03. The summed E-state index contributed by atoms with van der Waals surface area (Å²) in [5.74, 6) is 0.428. The van der Waals surface area contributed by atoms with Gasteiger partial charge in [-0.2, -0.15) is 13.2 Å². The van der Waals surface area contributed by atoms with Crippen molar-refractivity contribution >= 4 is 0 Å². The van der Waals surface area contributed by atoms with Crippen LogP contribution in [0.4, 0.5) is 13.2 Å². The van der Waals surface area contributed by atoms with Gasteiger partial charge in [-0.15, -0.1) is 0 Å². The summed E-state index contributed by atoms with van der Waals surface area (Å²) in [5, 5.41) is 0. The standard InChI is InChI=1S/C12H16F3N/c1-8(2)7-11(16)9-3-5-10(6-4-9)12(13,14)15/h3-6,8,11H,7,16H2,1-2H3/t11-/m1/s1. The third-order valence-electron chi connectivity index (χ3n) is 2.39. The topological polar surface area (TPSA) is 26.0 Å². The molecule has 0 aliphatic heterocycles. The highest BCUT2D eigenvalue weighted by Gasteiger charge is 2.30. The minimum atomic E-state index is -4.28. The molecule has 0 saturated carbocycles. The van der Waals surface area contributed by atoms with E-state index < -0.39 is 11.7 Å². The Morgan fingerprint density at radius 2 is 1.62 bits per heavy atom. The molecule has 0 aliphatic rings. The largest absolute Gasteiger partial charge is 0.416 e. The molecule has 2 N–H and O–H groups in total. The van der Waals surface area contributed by atoms with Gasteiger partial charge in [0.2, 0.25) is 0 Å². The third kappa shape index (κ3) is 3.52. The minimum absolute atomic E-state index is 0.192. The molecule has 0 aromatic heterocycles. The predicted molar refractivity (Wildman–Crippen MR) is 57.8 cm³/mol. The molecule has 0 unspecified atom stereocenters. The molecule has 1 nitrogen and oxygen atoms in total. The van der Waals surface area contributed by atoms with Crippen LogP contribution in [0.15, 0.2) is 24.3 Å². The molecule has 90 valence electrons. The van der Waals surface area contributed by atoms with E-state index in [9.17, 15) is 13.2 Å². The number of rotatable bonds is 3. The lowest BCUT2D eigenvalue weighted by Crippen LogP contribution is -2.13. The fourth-order valence-corrected chi connectivity index (χ4v) is 1.56. The van der Waals surface area contributed by atoms with Crippen molar-refractivity contribution in [1.82, 2.24) is 0 Å². The van der Waals surface area contributed by atoms with Crippen molar-refractivity contribution in [3.63, 3.8) is 0 Å². The van der Waals surface area contributed by atoms with Crippen LogP contribution in [0.1, 0.15) is 37.4 Å². The monoisotopic (exact) mass is 231 g/mol. The van der Waals surface area contributed by atoms with Gasteiger partial charge in [0.15, 0.2) is 0 Å². The molecule has 0 heterocycles. The van der Waals surface area contributed by atoms with Crippen LogP contribution in [-0.4, -0.2) is 0 Å². The van der Waals surface area contributed by atoms with E-state index in [0.717, 1.165) is 24.1 Å². The molecule has 4 heteroatoms. The van der Waals surface area contributed by atoms with Gasteiger partial charge in [-0.05, 0) is 30.0 Å². The highest BCUT2D eigenvalue weighted by Crippen LogP contribution is 2.30. The van der Waals surface area contributed by atoms with Crippen molar-refractivity contribution in [2.75, 3.05) is 0 Å². The highest BCUT2D eigenvalue weighted by atomic mass is 19.4. The lowest BCUT2D eigenvalue weighted by Gasteiger charge is -2.15. The van der Waals surface area contributed by atoms with E-state index in [0.29, 0.717) is 5.92 Å². The number of hydrogen-bond donors (Lipinski definition) is 1. The Bertz CT molecular complexity index is 327. The SMILES string of the molecule is CC(C)C[C@@H](N)c1ccc(C(F)(F)F)cc1. The van der Waals surface area contributed by atoms with E-state index in [1.54, 1.807) is 0 Å². The Morgan fingerprint density at radius 3 is 2.00 bits per heavy atom. The van der Waals surface area contributed by atoms with Gasteiger partial charge in [0, 0.05) is 6.04 Å². The van der Waals surface area contributed by atoms with Crippen molar-refractivity contribution < 1.29 is 13.2 Å². The van der Waals surface area contributed by atoms with Gasteiger partial charge in [0.1, 0.15) is 0 Å². The lowest BCUT2D eigenvalue weighted by atomic mass is 9.97. The lowest BCUT2D eigenvalue weighted by molar-refractivity contribution is -0.137. The van der Waals surface area contributed by atoms with Crippen LogP contribution in [-0.2, 0) is 6.18 Å². The summed E-state index contributed by atoms with van der Waals surface area (Å²) < 4.78 is 36.9. The fourth-order valence-electron chi connectivity index (χ4n) is 1.56. The first-order valence-electron chi connectivity index (χ1n) is 5.23. The highest BCUT2D eigenvalue weighted by molar-refractivity contribution is 5.26. The molecule has 0 fully saturated rings. The van der Waals surface area contributed by atoms with E-state index >= 15 is 0 Å². The normalized spacial score (nSPS) is 14.2. The van der Waals surface area contributed by atoms with E-state index in [4.69, 9.17) is 5.73 Å². The Labute approximate surface area is 93.5 Å². The van der Waals surface area contributed by atoms with Gasteiger partial charge in [0.25, 0.3) is 0 Å². The molecule has 0 saturated heterocycles. The number of alkyl halides is 3. The summed E-state index contributed by atoms with van der Waals surface area (Å²) >= 11 is 0. The number of nitrogens with two attached hydrogens (primary N) is 1. The molecule has 0 aliphatic carbocycles. The average Bonchev–Trinajstić information content (AvgIpc) is 2.15. The maximum atomic E-state index is 12.3. The van der Waals surface area contributed by atoms with Crippen molar-refractivity contribution in [1.29, 1.82) is 0 Å². The van der Waals surface area contributed by atoms with Gasteiger partial charge < -0.3 is 5.73 Å². The first kappa shape index (κ1) is 13.0. The summed E-state index contributed by atoms with van der Waals surface area (Å²) in [4.78, 5) is 0. The number of benzene rings is 1. The summed E-state index contributed by atoms with van der Waals surface area (Å²) in [5.41, 5.74) is 5.99. The van der Waals surface area contributed by atoms with E-state index in [-0.39, 0.29) is 6.04 Å². The summed E-state index contributed by atoms with van der Waals surface area (Å²) in [7, 11) is 0. The maximum Gasteiger partial charge on any atom is 0.416 e. The predicted octanol–water partition coefficient (Wildman–Crippen LogP) is 3.75. The molecule has 1 aromatic rings. The Balaban J connectivity index is 2.79. The first-order chi connectivity index (χ1) is 7.30. The molecule has 16 heavy (non-hydrogen) atoms. The average molecular weight is 231 g/mol. The van der Waals surface area contributed by atoms with Crippen LogP contribution in [0.3, 0.4) is 0 Å². The smallest absolute Gasteiger partial charge is 0.324 e. The van der Waals surface area contributed by atoms with E-state index in [1.165, 1.54) is 12.1 Å². The first-order valence-corrected chi connectivity index (χ1v) is 5.23. The molecule has 1 aromatic carbocycles. The van der Waals surface area contributed by atoms with E-state index in [2.05, 4.69) is 0 Å². The van der Waals surface area contributed by atoms with Crippen molar-refractivity contribution in [3.8, 4) is 0 Å². The molecular formula is C12H16F3N. The molecule has 0 bridgehead atoms. The van der Waals surface area contributed by atoms with Crippen LogP contribution in [0.5, 0.6) is 0 Å². The van der Waals surface area contributed by atoms with Gasteiger partial charge in [0.05, 0.1) is 5.56 Å². The second-order valence-electron chi connectivity index (χ2n) is 4.36. The number of hydrogen-bond acceptors (Lipinski definition) is 1. The van der Waals surface area contributed by atoms with Crippen LogP contribution in [0.25, 0.3) is 0 Å². The molecule has 0 amide bonds. The van der Waals surface area contributed by atoms with Crippen LogP contribution < -0.4 is 5.73 Å². The Kier molecular flexibility index (Phi) is 3.97. The molecule has 0 radical (unpaired) electrons. The zero-order valence-corrected chi connectivity index (χ0v) is 9.38. The minimum Gasteiger partial charge on any atom is -0.324 e. The molecular weight excluding hydrogens is 215 g/mol. The molecule has 0 spiro atoms. The van der Waals surface area contributed by atoms with Crippen LogP contribution in [0, 0.1) is 5.92 Å². The summed E-state index contributed by atoms with van der Waals surface area (Å²) in [6.45, 7) is 4.06. The second kappa shape index (κ2) is 4.87. The van der Waals surface area contributed by atoms with E-state index in [1.807, 2.05) is 13.8 Å². The quantitative estimate of drug-likeness (QED) is 0.842. The summed E-state index contributed by atoms with van der Waals surface area (Å²) in [6.07, 6.45) is -3.51. The van der Waals surface area contributed by atoms with Crippen molar-refractivity contribution in [3.05, 3.63) is 35.4 Å². The third-order valence-corrected chi connectivity index (χ3v) is 2.39. The maximum absolute atomic E-state index is 12.3. The number of halogens is 3.